The fraction of sp³-hybridized carbons (Fsp3) is 0.0769. The predicted molar refractivity (Wildman–Crippen MR) is 64.4 cm³/mol. The molecule has 1 aromatic carbocycles. The summed E-state index contributed by atoms with van der Waals surface area (Å²) in [5.74, 6) is -2.21. The second kappa shape index (κ2) is 5.69. The lowest BCUT2D eigenvalue weighted by Crippen LogP contribution is -2.08. The topological polar surface area (TPSA) is 36.7 Å². The highest BCUT2D eigenvalue weighted by atomic mass is 32.2. The highest BCUT2D eigenvalue weighted by Gasteiger charge is 2.33. The van der Waals surface area contributed by atoms with Crippen LogP contribution in [-0.2, 0) is 6.18 Å². The number of aromatic nitrogens is 1. The molecule has 0 atom stereocenters. The van der Waals surface area contributed by atoms with E-state index in [1.807, 2.05) is 0 Å². The lowest BCUT2D eigenvalue weighted by atomic mass is 10.2. The number of nitriles is 1. The third kappa shape index (κ3) is 3.49. The number of rotatable bonds is 2. The van der Waals surface area contributed by atoms with E-state index < -0.39 is 23.5 Å². The van der Waals surface area contributed by atoms with E-state index in [9.17, 15) is 22.0 Å². The smallest absolute Gasteiger partial charge is 0.235 e. The molecular weight excluding hydrogens is 311 g/mol. The summed E-state index contributed by atoms with van der Waals surface area (Å²) in [6.07, 6.45) is -4.66. The average molecular weight is 316 g/mol. The van der Waals surface area contributed by atoms with E-state index in [4.69, 9.17) is 5.26 Å². The number of nitrogens with zero attached hydrogens (tertiary/aromatic N) is 2. The molecule has 0 radical (unpaired) electrons. The summed E-state index contributed by atoms with van der Waals surface area (Å²) in [5, 5.41) is 8.65. The molecule has 8 heteroatoms. The van der Waals surface area contributed by atoms with Crippen LogP contribution in [0.25, 0.3) is 0 Å². The average Bonchev–Trinajstić information content (AvgIpc) is 2.42. The van der Waals surface area contributed by atoms with Crippen molar-refractivity contribution in [3.63, 3.8) is 0 Å². The minimum atomic E-state index is -4.66. The molecule has 0 amide bonds. The van der Waals surface area contributed by atoms with Crippen LogP contribution in [-0.4, -0.2) is 4.98 Å². The number of halogens is 5. The lowest BCUT2D eigenvalue weighted by molar-refractivity contribution is -0.141. The molecule has 0 fully saturated rings. The van der Waals surface area contributed by atoms with Crippen molar-refractivity contribution in [2.45, 2.75) is 16.1 Å². The van der Waals surface area contributed by atoms with Gasteiger partial charge in [0, 0.05) is 4.90 Å². The summed E-state index contributed by atoms with van der Waals surface area (Å²) in [4.78, 5) is 3.50. The quantitative estimate of drug-likeness (QED) is 0.771. The minimum absolute atomic E-state index is 0.0854. The maximum atomic E-state index is 13.1. The van der Waals surface area contributed by atoms with Crippen LogP contribution < -0.4 is 0 Å². The molecule has 0 spiro atoms. The van der Waals surface area contributed by atoms with Gasteiger partial charge < -0.3 is 0 Å². The van der Waals surface area contributed by atoms with Crippen LogP contribution in [0.4, 0.5) is 22.0 Å². The molecule has 2 aromatic rings. The van der Waals surface area contributed by atoms with E-state index in [0.29, 0.717) is 17.8 Å². The van der Waals surface area contributed by atoms with Crippen molar-refractivity contribution in [1.29, 1.82) is 5.26 Å². The predicted octanol–water partition coefficient (Wildman–Crippen LogP) is 4.40. The van der Waals surface area contributed by atoms with Gasteiger partial charge in [0.25, 0.3) is 0 Å². The Hall–Kier alpha value is -2.14. The largest absolute Gasteiger partial charge is 0.433 e. The Morgan fingerprint density at radius 3 is 2.33 bits per heavy atom. The SMILES string of the molecule is N#Cc1ccc(C(F)(F)F)nc1Sc1ccc(F)c(F)c1. The third-order valence-electron chi connectivity index (χ3n) is 2.38. The highest BCUT2D eigenvalue weighted by Crippen LogP contribution is 2.34. The molecule has 2 rings (SSSR count). The standard InChI is InChI=1S/C13H5F5N2S/c14-9-3-2-8(5-10(9)15)21-12-7(6-19)1-4-11(20-12)13(16,17)18/h1-5H. The Bertz CT molecular complexity index is 721. The monoisotopic (exact) mass is 316 g/mol. The first kappa shape index (κ1) is 15.3. The van der Waals surface area contributed by atoms with Crippen LogP contribution in [0, 0.1) is 23.0 Å². The van der Waals surface area contributed by atoms with Crippen molar-refractivity contribution in [2.24, 2.45) is 0 Å². The molecule has 0 aliphatic rings. The van der Waals surface area contributed by atoms with Gasteiger partial charge in [-0.15, -0.1) is 0 Å². The maximum Gasteiger partial charge on any atom is 0.433 e. The Morgan fingerprint density at radius 1 is 1.05 bits per heavy atom. The molecule has 21 heavy (non-hydrogen) atoms. The molecule has 1 heterocycles. The lowest BCUT2D eigenvalue weighted by Gasteiger charge is -2.09. The molecule has 0 unspecified atom stereocenters. The second-order valence-electron chi connectivity index (χ2n) is 3.84. The van der Waals surface area contributed by atoms with Crippen molar-refractivity contribution >= 4 is 11.8 Å². The van der Waals surface area contributed by atoms with Gasteiger partial charge in [-0.05, 0) is 30.3 Å². The van der Waals surface area contributed by atoms with E-state index in [1.165, 1.54) is 6.07 Å². The summed E-state index contributed by atoms with van der Waals surface area (Å²) < 4.78 is 63.7. The fourth-order valence-corrected chi connectivity index (χ4v) is 2.30. The van der Waals surface area contributed by atoms with Crippen LogP contribution in [0.2, 0.25) is 0 Å². The first-order valence-corrected chi connectivity index (χ1v) is 6.24. The Labute approximate surface area is 120 Å². The molecule has 108 valence electrons. The Morgan fingerprint density at radius 2 is 1.76 bits per heavy atom. The van der Waals surface area contributed by atoms with E-state index >= 15 is 0 Å². The summed E-state index contributed by atoms with van der Waals surface area (Å²) in [5.41, 5.74) is -1.25. The van der Waals surface area contributed by atoms with E-state index in [2.05, 4.69) is 4.98 Å². The van der Waals surface area contributed by atoms with Crippen LogP contribution in [0.5, 0.6) is 0 Å². The molecule has 0 bridgehead atoms. The zero-order valence-electron chi connectivity index (χ0n) is 10.1. The summed E-state index contributed by atoms with van der Waals surface area (Å²) >= 11 is 0.652. The Balaban J connectivity index is 2.42. The molecule has 0 saturated heterocycles. The van der Waals surface area contributed by atoms with E-state index in [-0.39, 0.29) is 15.5 Å². The maximum absolute atomic E-state index is 13.1. The molecule has 0 aliphatic carbocycles. The van der Waals surface area contributed by atoms with Crippen molar-refractivity contribution in [2.75, 3.05) is 0 Å². The molecule has 1 aromatic heterocycles. The Kier molecular flexibility index (Phi) is 4.14. The third-order valence-corrected chi connectivity index (χ3v) is 3.37. The minimum Gasteiger partial charge on any atom is -0.235 e. The van der Waals surface area contributed by atoms with Gasteiger partial charge >= 0.3 is 6.18 Å². The van der Waals surface area contributed by atoms with Gasteiger partial charge in [-0.1, -0.05) is 11.8 Å². The molecule has 0 aliphatic heterocycles. The number of benzene rings is 1. The van der Waals surface area contributed by atoms with Crippen molar-refractivity contribution in [1.82, 2.24) is 4.98 Å². The number of hydrogen-bond acceptors (Lipinski definition) is 3. The first-order valence-electron chi connectivity index (χ1n) is 5.42. The van der Waals surface area contributed by atoms with Crippen LogP contribution in [0.1, 0.15) is 11.3 Å². The van der Waals surface area contributed by atoms with Gasteiger partial charge in [0.1, 0.15) is 16.8 Å². The van der Waals surface area contributed by atoms with Crippen molar-refractivity contribution < 1.29 is 22.0 Å². The highest BCUT2D eigenvalue weighted by molar-refractivity contribution is 7.99. The van der Waals surface area contributed by atoms with Gasteiger partial charge in [0.15, 0.2) is 11.6 Å². The van der Waals surface area contributed by atoms with Crippen LogP contribution in [0.3, 0.4) is 0 Å². The number of pyridine rings is 1. The summed E-state index contributed by atoms with van der Waals surface area (Å²) in [6.45, 7) is 0. The molecule has 2 nitrogen and oxygen atoms in total. The molecule has 0 saturated carbocycles. The van der Waals surface area contributed by atoms with E-state index in [1.54, 1.807) is 6.07 Å². The van der Waals surface area contributed by atoms with Gasteiger partial charge in [0.05, 0.1) is 5.56 Å². The van der Waals surface area contributed by atoms with Crippen LogP contribution >= 0.6 is 11.8 Å². The summed E-state index contributed by atoms with van der Waals surface area (Å²) in [6, 6.07) is 6.23. The normalized spacial score (nSPS) is 11.2. The zero-order chi connectivity index (χ0) is 15.6. The number of alkyl halides is 3. The van der Waals surface area contributed by atoms with Gasteiger partial charge in [-0.25, -0.2) is 13.8 Å². The van der Waals surface area contributed by atoms with Crippen LogP contribution in [0.15, 0.2) is 40.3 Å². The van der Waals surface area contributed by atoms with Gasteiger partial charge in [-0.3, -0.25) is 0 Å². The number of hydrogen-bond donors (Lipinski definition) is 0. The second-order valence-corrected chi connectivity index (χ2v) is 4.90. The molecule has 0 N–H and O–H groups in total. The van der Waals surface area contributed by atoms with Gasteiger partial charge in [0.2, 0.25) is 0 Å². The van der Waals surface area contributed by atoms with E-state index in [0.717, 1.165) is 18.2 Å². The zero-order valence-corrected chi connectivity index (χ0v) is 10.9. The molecular formula is C13H5F5N2S. The van der Waals surface area contributed by atoms with Gasteiger partial charge in [-0.2, -0.15) is 18.4 Å². The fourth-order valence-electron chi connectivity index (χ4n) is 1.41. The summed E-state index contributed by atoms with van der Waals surface area (Å²) in [7, 11) is 0. The van der Waals surface area contributed by atoms with Crippen molar-refractivity contribution in [3.8, 4) is 6.07 Å². The first-order chi connectivity index (χ1) is 9.81. The van der Waals surface area contributed by atoms with Crippen molar-refractivity contribution in [3.05, 3.63) is 53.2 Å².